The van der Waals surface area contributed by atoms with E-state index >= 15 is 0 Å². The quantitative estimate of drug-likeness (QED) is 0.606. The number of rotatable bonds is 6. The molecule has 0 unspecified atom stereocenters. The SMILES string of the molecule is CCC(CO)(CO)NC(=O)/C=C/c1cnn(C)c1. The Morgan fingerprint density at radius 1 is 1.56 bits per heavy atom. The Balaban J connectivity index is 2.63. The van der Waals surface area contributed by atoms with Crippen molar-refractivity contribution in [2.45, 2.75) is 18.9 Å². The molecular weight excluding hydrogens is 234 g/mol. The van der Waals surface area contributed by atoms with E-state index in [9.17, 15) is 15.0 Å². The van der Waals surface area contributed by atoms with Crippen LogP contribution in [0.2, 0.25) is 0 Å². The molecule has 0 saturated carbocycles. The van der Waals surface area contributed by atoms with Gasteiger partial charge in [0.15, 0.2) is 0 Å². The van der Waals surface area contributed by atoms with Gasteiger partial charge in [0.25, 0.3) is 0 Å². The van der Waals surface area contributed by atoms with Gasteiger partial charge in [0.1, 0.15) is 0 Å². The minimum absolute atomic E-state index is 0.299. The van der Waals surface area contributed by atoms with Crippen LogP contribution in [0.25, 0.3) is 6.08 Å². The van der Waals surface area contributed by atoms with E-state index in [4.69, 9.17) is 0 Å². The van der Waals surface area contributed by atoms with Crippen molar-refractivity contribution in [2.75, 3.05) is 13.2 Å². The highest BCUT2D eigenvalue weighted by atomic mass is 16.3. The van der Waals surface area contributed by atoms with Gasteiger partial charge >= 0.3 is 0 Å². The molecule has 1 rings (SSSR count). The van der Waals surface area contributed by atoms with Gasteiger partial charge in [0, 0.05) is 24.9 Å². The summed E-state index contributed by atoms with van der Waals surface area (Å²) in [4.78, 5) is 11.7. The van der Waals surface area contributed by atoms with E-state index in [1.165, 1.54) is 6.08 Å². The fourth-order valence-electron chi connectivity index (χ4n) is 1.44. The fourth-order valence-corrected chi connectivity index (χ4v) is 1.44. The van der Waals surface area contributed by atoms with Crippen LogP contribution in [-0.2, 0) is 11.8 Å². The lowest BCUT2D eigenvalue weighted by Gasteiger charge is -2.28. The molecule has 0 aliphatic heterocycles. The average Bonchev–Trinajstić information content (AvgIpc) is 2.80. The molecule has 100 valence electrons. The van der Waals surface area contributed by atoms with Crippen molar-refractivity contribution in [2.24, 2.45) is 7.05 Å². The Kier molecular flexibility index (Phi) is 5.06. The summed E-state index contributed by atoms with van der Waals surface area (Å²) in [7, 11) is 1.79. The lowest BCUT2D eigenvalue weighted by atomic mass is 9.98. The van der Waals surface area contributed by atoms with E-state index in [1.54, 1.807) is 37.1 Å². The third-order valence-electron chi connectivity index (χ3n) is 2.82. The first-order chi connectivity index (χ1) is 8.55. The molecule has 0 fully saturated rings. The molecule has 1 aromatic heterocycles. The molecule has 0 saturated heterocycles. The van der Waals surface area contributed by atoms with Crippen LogP contribution in [0.5, 0.6) is 0 Å². The zero-order chi connectivity index (χ0) is 13.6. The maximum absolute atomic E-state index is 11.7. The van der Waals surface area contributed by atoms with Crippen LogP contribution < -0.4 is 5.32 Å². The number of aliphatic hydroxyl groups is 2. The zero-order valence-electron chi connectivity index (χ0n) is 10.6. The summed E-state index contributed by atoms with van der Waals surface area (Å²) in [5.41, 5.74) is -0.154. The van der Waals surface area contributed by atoms with Crippen LogP contribution in [-0.4, -0.2) is 44.7 Å². The number of carbonyl (C=O) groups excluding carboxylic acids is 1. The van der Waals surface area contributed by atoms with E-state index in [-0.39, 0.29) is 19.1 Å². The predicted molar refractivity (Wildman–Crippen MR) is 67.6 cm³/mol. The maximum Gasteiger partial charge on any atom is 0.244 e. The third-order valence-corrected chi connectivity index (χ3v) is 2.82. The van der Waals surface area contributed by atoms with Gasteiger partial charge in [-0.15, -0.1) is 0 Å². The molecule has 0 radical (unpaired) electrons. The molecule has 0 spiro atoms. The van der Waals surface area contributed by atoms with E-state index in [1.807, 2.05) is 0 Å². The molecule has 1 heterocycles. The number of amides is 1. The molecule has 0 aliphatic rings. The second kappa shape index (κ2) is 6.32. The molecule has 1 aromatic rings. The molecule has 18 heavy (non-hydrogen) atoms. The van der Waals surface area contributed by atoms with Crippen LogP contribution in [0.4, 0.5) is 0 Å². The van der Waals surface area contributed by atoms with Gasteiger partial charge in [-0.2, -0.15) is 5.10 Å². The van der Waals surface area contributed by atoms with Crippen molar-refractivity contribution in [3.8, 4) is 0 Å². The van der Waals surface area contributed by atoms with Crippen LogP contribution in [0.3, 0.4) is 0 Å². The van der Waals surface area contributed by atoms with Crippen molar-refractivity contribution in [3.05, 3.63) is 24.0 Å². The Bertz CT molecular complexity index is 414. The second-order valence-electron chi connectivity index (χ2n) is 4.22. The van der Waals surface area contributed by atoms with Crippen molar-refractivity contribution in [1.29, 1.82) is 0 Å². The lowest BCUT2D eigenvalue weighted by molar-refractivity contribution is -0.119. The number of aliphatic hydroxyl groups excluding tert-OH is 2. The summed E-state index contributed by atoms with van der Waals surface area (Å²) in [6, 6.07) is 0. The number of aryl methyl sites for hydroxylation is 1. The molecule has 0 bridgehead atoms. The standard InChI is InChI=1S/C12H19N3O3/c1-3-12(8-16,9-17)14-11(18)5-4-10-6-13-15(2)7-10/h4-7,16-17H,3,8-9H2,1-2H3,(H,14,18)/b5-4+. The normalized spacial score (nSPS) is 12.0. The Morgan fingerprint density at radius 2 is 2.22 bits per heavy atom. The van der Waals surface area contributed by atoms with Gasteiger partial charge in [-0.3, -0.25) is 9.48 Å². The van der Waals surface area contributed by atoms with Gasteiger partial charge in [-0.1, -0.05) is 6.92 Å². The first kappa shape index (κ1) is 14.4. The minimum atomic E-state index is -0.962. The van der Waals surface area contributed by atoms with Crippen molar-refractivity contribution < 1.29 is 15.0 Å². The summed E-state index contributed by atoms with van der Waals surface area (Å²) in [5, 5.41) is 25.0. The van der Waals surface area contributed by atoms with Crippen LogP contribution in [0.1, 0.15) is 18.9 Å². The van der Waals surface area contributed by atoms with Gasteiger partial charge in [0.05, 0.1) is 24.9 Å². The van der Waals surface area contributed by atoms with Gasteiger partial charge in [0.2, 0.25) is 5.91 Å². The molecule has 6 nitrogen and oxygen atoms in total. The number of hydrogen-bond donors (Lipinski definition) is 3. The van der Waals surface area contributed by atoms with Crippen molar-refractivity contribution in [1.82, 2.24) is 15.1 Å². The summed E-state index contributed by atoms with van der Waals surface area (Å²) in [5.74, 6) is -0.358. The highest BCUT2D eigenvalue weighted by Gasteiger charge is 2.27. The maximum atomic E-state index is 11.7. The van der Waals surface area contributed by atoms with Crippen LogP contribution >= 0.6 is 0 Å². The van der Waals surface area contributed by atoms with Crippen LogP contribution in [0.15, 0.2) is 18.5 Å². The van der Waals surface area contributed by atoms with Gasteiger partial charge < -0.3 is 15.5 Å². The smallest absolute Gasteiger partial charge is 0.244 e. The summed E-state index contributed by atoms with van der Waals surface area (Å²) < 4.78 is 1.63. The number of nitrogens with one attached hydrogen (secondary N) is 1. The molecule has 0 aromatic carbocycles. The zero-order valence-corrected chi connectivity index (χ0v) is 10.6. The molecule has 6 heteroatoms. The van der Waals surface area contributed by atoms with Crippen LogP contribution in [0, 0.1) is 0 Å². The highest BCUT2D eigenvalue weighted by molar-refractivity contribution is 5.92. The highest BCUT2D eigenvalue weighted by Crippen LogP contribution is 2.08. The molecule has 1 amide bonds. The van der Waals surface area contributed by atoms with E-state index < -0.39 is 5.54 Å². The molecule has 3 N–H and O–H groups in total. The molecular formula is C12H19N3O3. The first-order valence-corrected chi connectivity index (χ1v) is 5.76. The largest absolute Gasteiger partial charge is 0.394 e. The number of carbonyl (C=O) groups is 1. The Labute approximate surface area is 106 Å². The third kappa shape index (κ3) is 3.68. The number of hydrogen-bond acceptors (Lipinski definition) is 4. The van der Waals surface area contributed by atoms with E-state index in [0.717, 1.165) is 5.56 Å². The summed E-state index contributed by atoms with van der Waals surface area (Å²) in [6.07, 6.45) is 6.83. The van der Waals surface area contributed by atoms with Gasteiger partial charge in [-0.25, -0.2) is 0 Å². The topological polar surface area (TPSA) is 87.4 Å². The molecule has 0 atom stereocenters. The Hall–Kier alpha value is -1.66. The van der Waals surface area contributed by atoms with Gasteiger partial charge in [-0.05, 0) is 12.5 Å². The molecule has 0 aliphatic carbocycles. The van der Waals surface area contributed by atoms with E-state index in [0.29, 0.717) is 6.42 Å². The van der Waals surface area contributed by atoms with Crippen molar-refractivity contribution in [3.63, 3.8) is 0 Å². The van der Waals surface area contributed by atoms with Crippen molar-refractivity contribution >= 4 is 12.0 Å². The van der Waals surface area contributed by atoms with E-state index in [2.05, 4.69) is 10.4 Å². The predicted octanol–water partition coefficient (Wildman–Crippen LogP) is -0.317. The number of nitrogens with zero attached hydrogens (tertiary/aromatic N) is 2. The monoisotopic (exact) mass is 253 g/mol. The second-order valence-corrected chi connectivity index (χ2v) is 4.22. The first-order valence-electron chi connectivity index (χ1n) is 5.76. The minimum Gasteiger partial charge on any atom is -0.394 e. The Morgan fingerprint density at radius 3 is 2.67 bits per heavy atom. The summed E-state index contributed by atoms with van der Waals surface area (Å²) in [6.45, 7) is 1.19. The lowest BCUT2D eigenvalue weighted by Crippen LogP contribution is -2.53. The fraction of sp³-hybridized carbons (Fsp3) is 0.500. The number of aromatic nitrogens is 2. The average molecular weight is 253 g/mol. The summed E-state index contributed by atoms with van der Waals surface area (Å²) >= 11 is 0.